The number of aryl methyl sites for hydroxylation is 2. The largest absolute Gasteiger partial charge is 0.289 e. The minimum atomic E-state index is -0.449. The lowest BCUT2D eigenvalue weighted by Gasteiger charge is -1.99. The fourth-order valence-electron chi connectivity index (χ4n) is 2.40. The van der Waals surface area contributed by atoms with E-state index in [1.165, 1.54) is 24.4 Å². The summed E-state index contributed by atoms with van der Waals surface area (Å²) in [6, 6.07) is 6.14. The van der Waals surface area contributed by atoms with Crippen LogP contribution in [0.25, 0.3) is 17.3 Å². The molecule has 8 heteroatoms. The first kappa shape index (κ1) is 16.3. The number of non-ortho nitro benzene ring substituents is 1. The molecule has 0 atom stereocenters. The number of benzene rings is 1. The molecule has 3 aromatic rings. The first-order valence-corrected chi connectivity index (χ1v) is 7.43. The van der Waals surface area contributed by atoms with E-state index in [-0.39, 0.29) is 11.5 Å². The van der Waals surface area contributed by atoms with Crippen molar-refractivity contribution in [3.8, 4) is 11.3 Å². The summed E-state index contributed by atoms with van der Waals surface area (Å²) in [5, 5.41) is 19.1. The fourth-order valence-corrected chi connectivity index (χ4v) is 2.40. The Hall–Kier alpha value is -3.55. The van der Waals surface area contributed by atoms with Crippen LogP contribution in [0.2, 0.25) is 0 Å². The Morgan fingerprint density at radius 1 is 1.16 bits per heavy atom. The van der Waals surface area contributed by atoms with Crippen LogP contribution < -0.4 is 0 Å². The molecule has 0 spiro atoms. The molecule has 0 saturated heterocycles. The number of hydrogen-bond donors (Lipinski definition) is 0. The van der Waals surface area contributed by atoms with E-state index in [2.05, 4.69) is 10.2 Å². The molecule has 0 saturated carbocycles. The summed E-state index contributed by atoms with van der Waals surface area (Å²) < 4.78 is 3.19. The van der Waals surface area contributed by atoms with Crippen LogP contribution in [0, 0.1) is 10.1 Å². The molecular formula is C17H15N5O3. The van der Waals surface area contributed by atoms with Crippen LogP contribution in [0.15, 0.2) is 48.9 Å². The second kappa shape index (κ2) is 6.52. The van der Waals surface area contributed by atoms with Crippen molar-refractivity contribution in [2.75, 3.05) is 0 Å². The third-order valence-electron chi connectivity index (χ3n) is 3.61. The molecule has 0 N–H and O–H groups in total. The van der Waals surface area contributed by atoms with Crippen LogP contribution in [0.4, 0.5) is 5.69 Å². The fraction of sp³-hybridized carbons (Fsp3) is 0.118. The molecule has 1 aromatic carbocycles. The van der Waals surface area contributed by atoms with E-state index < -0.39 is 4.92 Å². The molecule has 0 fully saturated rings. The zero-order valence-electron chi connectivity index (χ0n) is 13.7. The molecule has 2 aromatic heterocycles. The molecule has 0 amide bonds. The van der Waals surface area contributed by atoms with Gasteiger partial charge in [-0.1, -0.05) is 0 Å². The van der Waals surface area contributed by atoms with Crippen LogP contribution in [-0.2, 0) is 14.1 Å². The number of rotatable bonds is 5. The molecule has 25 heavy (non-hydrogen) atoms. The highest BCUT2D eigenvalue weighted by Gasteiger charge is 2.11. The summed E-state index contributed by atoms with van der Waals surface area (Å²) in [6.45, 7) is 0. The zero-order valence-corrected chi connectivity index (χ0v) is 13.7. The van der Waals surface area contributed by atoms with Crippen LogP contribution in [-0.4, -0.2) is 30.3 Å². The number of carbonyl (C=O) groups excluding carboxylic acids is 1. The van der Waals surface area contributed by atoms with Gasteiger partial charge >= 0.3 is 0 Å². The SMILES string of the molecule is Cn1cc(C(=O)/C=C/c2cn(C)nc2-c2ccc([N+](=O)[O-])cc2)cn1. The second-order valence-corrected chi connectivity index (χ2v) is 5.51. The molecule has 0 radical (unpaired) electrons. The molecule has 8 nitrogen and oxygen atoms in total. The molecule has 0 aliphatic rings. The van der Waals surface area contributed by atoms with Crippen molar-refractivity contribution in [1.29, 1.82) is 0 Å². The monoisotopic (exact) mass is 337 g/mol. The van der Waals surface area contributed by atoms with Crippen molar-refractivity contribution < 1.29 is 9.72 Å². The van der Waals surface area contributed by atoms with Gasteiger partial charge in [0.05, 0.1) is 22.4 Å². The predicted octanol–water partition coefficient (Wildman–Crippen LogP) is 2.62. The number of hydrogen-bond acceptors (Lipinski definition) is 5. The van der Waals surface area contributed by atoms with Gasteiger partial charge in [0.15, 0.2) is 5.78 Å². The second-order valence-electron chi connectivity index (χ2n) is 5.51. The average Bonchev–Trinajstić information content (AvgIpc) is 3.18. The lowest BCUT2D eigenvalue weighted by Crippen LogP contribution is -1.92. The number of nitro benzene ring substituents is 1. The molecule has 0 bridgehead atoms. The van der Waals surface area contributed by atoms with E-state index in [1.54, 1.807) is 54.1 Å². The van der Waals surface area contributed by atoms with Crippen molar-refractivity contribution >= 4 is 17.5 Å². The van der Waals surface area contributed by atoms with Gasteiger partial charge < -0.3 is 0 Å². The molecule has 0 aliphatic carbocycles. The highest BCUT2D eigenvalue weighted by Crippen LogP contribution is 2.25. The highest BCUT2D eigenvalue weighted by molar-refractivity contribution is 6.06. The maximum absolute atomic E-state index is 12.2. The third-order valence-corrected chi connectivity index (χ3v) is 3.61. The van der Waals surface area contributed by atoms with E-state index in [4.69, 9.17) is 0 Å². The first-order chi connectivity index (χ1) is 11.9. The van der Waals surface area contributed by atoms with E-state index in [0.29, 0.717) is 11.3 Å². The lowest BCUT2D eigenvalue weighted by molar-refractivity contribution is -0.384. The molecule has 2 heterocycles. The smallest absolute Gasteiger partial charge is 0.269 e. The van der Waals surface area contributed by atoms with Gasteiger partial charge in [-0.25, -0.2) is 0 Å². The Morgan fingerprint density at radius 3 is 2.48 bits per heavy atom. The molecule has 0 aliphatic heterocycles. The Morgan fingerprint density at radius 2 is 1.88 bits per heavy atom. The van der Waals surface area contributed by atoms with Crippen molar-refractivity contribution in [1.82, 2.24) is 19.6 Å². The number of nitro groups is 1. The van der Waals surface area contributed by atoms with Gasteiger partial charge in [-0.05, 0) is 24.3 Å². The zero-order chi connectivity index (χ0) is 18.0. The number of ketones is 1. The Balaban J connectivity index is 1.89. The summed E-state index contributed by atoms with van der Waals surface area (Å²) in [7, 11) is 3.52. The number of carbonyl (C=O) groups is 1. The summed E-state index contributed by atoms with van der Waals surface area (Å²) in [4.78, 5) is 22.5. The van der Waals surface area contributed by atoms with Gasteiger partial charge in [0.1, 0.15) is 0 Å². The topological polar surface area (TPSA) is 95.8 Å². The van der Waals surface area contributed by atoms with E-state index in [0.717, 1.165) is 11.1 Å². The minimum absolute atomic E-state index is 0.0172. The highest BCUT2D eigenvalue weighted by atomic mass is 16.6. The van der Waals surface area contributed by atoms with Gasteiger partial charge in [-0.3, -0.25) is 24.3 Å². The first-order valence-electron chi connectivity index (χ1n) is 7.43. The molecule has 126 valence electrons. The summed E-state index contributed by atoms with van der Waals surface area (Å²) in [5.74, 6) is -0.161. The van der Waals surface area contributed by atoms with E-state index >= 15 is 0 Å². The van der Waals surface area contributed by atoms with Crippen LogP contribution in [0.1, 0.15) is 15.9 Å². The van der Waals surface area contributed by atoms with Crippen LogP contribution in [0.3, 0.4) is 0 Å². The number of aromatic nitrogens is 4. The van der Waals surface area contributed by atoms with Crippen molar-refractivity contribution in [2.45, 2.75) is 0 Å². The van der Waals surface area contributed by atoms with Crippen molar-refractivity contribution in [3.63, 3.8) is 0 Å². The van der Waals surface area contributed by atoms with E-state index in [1.807, 2.05) is 0 Å². The Bertz CT molecular complexity index is 967. The normalized spacial score (nSPS) is 11.1. The van der Waals surface area contributed by atoms with Crippen molar-refractivity contribution in [2.24, 2.45) is 14.1 Å². The van der Waals surface area contributed by atoms with Crippen LogP contribution >= 0.6 is 0 Å². The number of nitrogens with zero attached hydrogens (tertiary/aromatic N) is 5. The van der Waals surface area contributed by atoms with Crippen molar-refractivity contribution in [3.05, 3.63) is 70.2 Å². The molecule has 3 rings (SSSR count). The number of allylic oxidation sites excluding steroid dienone is 1. The predicted molar refractivity (Wildman–Crippen MR) is 91.9 cm³/mol. The van der Waals surface area contributed by atoms with Gasteiger partial charge in [-0.15, -0.1) is 0 Å². The summed E-state index contributed by atoms with van der Waals surface area (Å²) in [6.07, 6.45) is 8.08. The Kier molecular flexibility index (Phi) is 4.25. The van der Waals surface area contributed by atoms with Gasteiger partial charge in [0.25, 0.3) is 5.69 Å². The third kappa shape index (κ3) is 3.52. The molecular weight excluding hydrogens is 322 g/mol. The maximum atomic E-state index is 12.2. The standard InChI is InChI=1S/C17H15N5O3/c1-20-11-14(9-18-20)16(23)8-5-13-10-21(2)19-17(13)12-3-6-15(7-4-12)22(24)25/h3-11H,1-2H3/b8-5+. The quantitative estimate of drug-likeness (QED) is 0.309. The van der Waals surface area contributed by atoms with E-state index in [9.17, 15) is 14.9 Å². The van der Waals surface area contributed by atoms with Gasteiger partial charge in [0, 0.05) is 49.7 Å². The summed E-state index contributed by atoms with van der Waals surface area (Å²) >= 11 is 0. The molecule has 0 unspecified atom stereocenters. The van der Waals surface area contributed by atoms with Gasteiger partial charge in [0.2, 0.25) is 0 Å². The van der Waals surface area contributed by atoms with Gasteiger partial charge in [-0.2, -0.15) is 10.2 Å². The minimum Gasteiger partial charge on any atom is -0.289 e. The van der Waals surface area contributed by atoms with Crippen LogP contribution in [0.5, 0.6) is 0 Å². The maximum Gasteiger partial charge on any atom is 0.269 e. The average molecular weight is 337 g/mol. The lowest BCUT2D eigenvalue weighted by atomic mass is 10.1. The Labute approximate surface area is 143 Å². The summed E-state index contributed by atoms with van der Waals surface area (Å²) in [5.41, 5.74) is 2.64.